The predicted molar refractivity (Wildman–Crippen MR) is 84.2 cm³/mol. The molecule has 0 radical (unpaired) electrons. The molecule has 106 valence electrons. The van der Waals surface area contributed by atoms with Gasteiger partial charge in [0.15, 0.2) is 0 Å². The predicted octanol–water partition coefficient (Wildman–Crippen LogP) is 3.93. The van der Waals surface area contributed by atoms with Crippen molar-refractivity contribution in [2.45, 2.75) is 13.0 Å². The molecule has 2 N–H and O–H groups in total. The van der Waals surface area contributed by atoms with Crippen molar-refractivity contribution in [3.8, 4) is 11.5 Å². The number of nitrogens with two attached hydrogens (primary N) is 1. The number of benzene rings is 2. The van der Waals surface area contributed by atoms with E-state index in [4.69, 9.17) is 15.2 Å². The second-order valence-electron chi connectivity index (χ2n) is 4.30. The Bertz CT molecular complexity index is 542. The average molecular weight is 336 g/mol. The molecule has 3 nitrogen and oxygen atoms in total. The lowest BCUT2D eigenvalue weighted by Gasteiger charge is -2.18. The largest absolute Gasteiger partial charge is 0.494 e. The van der Waals surface area contributed by atoms with Crippen LogP contribution >= 0.6 is 15.9 Å². The first-order valence-electron chi connectivity index (χ1n) is 6.58. The minimum absolute atomic E-state index is 0.162. The lowest BCUT2D eigenvalue weighted by Crippen LogP contribution is -2.18. The fourth-order valence-corrected chi connectivity index (χ4v) is 2.32. The van der Waals surface area contributed by atoms with Gasteiger partial charge in [-0.05, 0) is 48.9 Å². The van der Waals surface area contributed by atoms with Gasteiger partial charge in [-0.2, -0.15) is 0 Å². The summed E-state index contributed by atoms with van der Waals surface area (Å²) in [6, 6.07) is 15.6. The molecular formula is C16H18BrNO2. The van der Waals surface area contributed by atoms with Crippen LogP contribution in [0.3, 0.4) is 0 Å². The van der Waals surface area contributed by atoms with E-state index >= 15 is 0 Å². The first-order chi connectivity index (χ1) is 9.72. The van der Waals surface area contributed by atoms with Crippen LogP contribution in [0.5, 0.6) is 11.5 Å². The molecule has 0 aliphatic carbocycles. The van der Waals surface area contributed by atoms with Crippen molar-refractivity contribution in [1.29, 1.82) is 0 Å². The van der Waals surface area contributed by atoms with Crippen LogP contribution in [0.1, 0.15) is 18.6 Å². The van der Waals surface area contributed by atoms with Gasteiger partial charge < -0.3 is 15.2 Å². The summed E-state index contributed by atoms with van der Waals surface area (Å²) in [6.07, 6.45) is -0.162. The van der Waals surface area contributed by atoms with E-state index in [-0.39, 0.29) is 6.10 Å². The van der Waals surface area contributed by atoms with Crippen LogP contribution in [0.25, 0.3) is 0 Å². The molecule has 2 aromatic carbocycles. The molecule has 20 heavy (non-hydrogen) atoms. The van der Waals surface area contributed by atoms with Gasteiger partial charge >= 0.3 is 0 Å². The minimum Gasteiger partial charge on any atom is -0.494 e. The Balaban J connectivity index is 2.09. The molecule has 0 aliphatic heterocycles. The van der Waals surface area contributed by atoms with Gasteiger partial charge in [-0.25, -0.2) is 0 Å². The van der Waals surface area contributed by atoms with Crippen LogP contribution in [0.4, 0.5) is 0 Å². The fraction of sp³-hybridized carbons (Fsp3) is 0.250. The molecule has 0 amide bonds. The highest BCUT2D eigenvalue weighted by molar-refractivity contribution is 9.10. The Hall–Kier alpha value is -1.52. The molecule has 2 rings (SSSR count). The van der Waals surface area contributed by atoms with E-state index in [1.54, 1.807) is 0 Å². The van der Waals surface area contributed by atoms with Gasteiger partial charge in [0.2, 0.25) is 0 Å². The molecule has 0 bridgehead atoms. The number of halogens is 1. The summed E-state index contributed by atoms with van der Waals surface area (Å²) in [5.74, 6) is 1.62. The summed E-state index contributed by atoms with van der Waals surface area (Å²) in [5.41, 5.74) is 6.87. The lowest BCUT2D eigenvalue weighted by atomic mass is 10.1. The van der Waals surface area contributed by atoms with Crippen molar-refractivity contribution in [1.82, 2.24) is 0 Å². The highest BCUT2D eigenvalue weighted by Crippen LogP contribution is 2.25. The van der Waals surface area contributed by atoms with Crippen molar-refractivity contribution in [2.24, 2.45) is 5.73 Å². The topological polar surface area (TPSA) is 44.5 Å². The third-order valence-electron chi connectivity index (χ3n) is 2.85. The molecule has 0 saturated carbocycles. The van der Waals surface area contributed by atoms with Crippen LogP contribution in [-0.2, 0) is 0 Å². The Morgan fingerprint density at radius 2 is 1.80 bits per heavy atom. The van der Waals surface area contributed by atoms with E-state index in [1.165, 1.54) is 0 Å². The third kappa shape index (κ3) is 3.99. The summed E-state index contributed by atoms with van der Waals surface area (Å²) < 4.78 is 12.4. The van der Waals surface area contributed by atoms with Crippen molar-refractivity contribution in [3.05, 3.63) is 58.6 Å². The molecular weight excluding hydrogens is 318 g/mol. The Morgan fingerprint density at radius 1 is 1.10 bits per heavy atom. The molecule has 1 atom stereocenters. The van der Waals surface area contributed by atoms with Crippen molar-refractivity contribution in [3.63, 3.8) is 0 Å². The number of hydrogen-bond acceptors (Lipinski definition) is 3. The quantitative estimate of drug-likeness (QED) is 0.869. The van der Waals surface area contributed by atoms with Crippen LogP contribution in [0.15, 0.2) is 53.0 Å². The molecule has 0 saturated heterocycles. The number of rotatable bonds is 6. The van der Waals surface area contributed by atoms with Gasteiger partial charge in [0.25, 0.3) is 0 Å². The van der Waals surface area contributed by atoms with E-state index in [0.717, 1.165) is 21.5 Å². The van der Waals surface area contributed by atoms with Crippen LogP contribution in [-0.4, -0.2) is 13.2 Å². The first-order valence-corrected chi connectivity index (χ1v) is 7.37. The number of ether oxygens (including phenoxy) is 2. The zero-order valence-corrected chi connectivity index (χ0v) is 13.0. The van der Waals surface area contributed by atoms with Gasteiger partial charge in [0.1, 0.15) is 17.6 Å². The number of hydrogen-bond donors (Lipinski definition) is 1. The molecule has 4 heteroatoms. The smallest absolute Gasteiger partial charge is 0.136 e. The maximum absolute atomic E-state index is 5.94. The summed E-state index contributed by atoms with van der Waals surface area (Å²) in [6.45, 7) is 3.04. The normalized spacial score (nSPS) is 11.9. The van der Waals surface area contributed by atoms with Gasteiger partial charge in [-0.15, -0.1) is 0 Å². The van der Waals surface area contributed by atoms with Crippen molar-refractivity contribution in [2.75, 3.05) is 13.2 Å². The van der Waals surface area contributed by atoms with Crippen LogP contribution < -0.4 is 15.2 Å². The van der Waals surface area contributed by atoms with Gasteiger partial charge in [0, 0.05) is 11.0 Å². The van der Waals surface area contributed by atoms with Crippen LogP contribution in [0, 0.1) is 0 Å². The van der Waals surface area contributed by atoms with Gasteiger partial charge in [-0.1, -0.05) is 28.1 Å². The standard InChI is InChI=1S/C16H18BrNO2/c1-2-19-14-6-8-15(9-7-14)20-16(11-18)12-4-3-5-13(17)10-12/h3-10,16H,2,11,18H2,1H3. The highest BCUT2D eigenvalue weighted by atomic mass is 79.9. The Morgan fingerprint density at radius 3 is 2.40 bits per heavy atom. The van der Waals surface area contributed by atoms with Gasteiger partial charge in [-0.3, -0.25) is 0 Å². The van der Waals surface area contributed by atoms with E-state index in [2.05, 4.69) is 15.9 Å². The lowest BCUT2D eigenvalue weighted by molar-refractivity contribution is 0.214. The highest BCUT2D eigenvalue weighted by Gasteiger charge is 2.11. The maximum atomic E-state index is 5.94. The van der Waals surface area contributed by atoms with E-state index in [0.29, 0.717) is 13.2 Å². The molecule has 0 aromatic heterocycles. The van der Waals surface area contributed by atoms with Gasteiger partial charge in [0.05, 0.1) is 6.61 Å². The van der Waals surface area contributed by atoms with E-state index < -0.39 is 0 Å². The maximum Gasteiger partial charge on any atom is 0.136 e. The summed E-state index contributed by atoms with van der Waals surface area (Å²) >= 11 is 3.46. The fourth-order valence-electron chi connectivity index (χ4n) is 1.90. The zero-order chi connectivity index (χ0) is 14.4. The third-order valence-corrected chi connectivity index (χ3v) is 3.34. The molecule has 0 heterocycles. The molecule has 0 fully saturated rings. The second kappa shape index (κ2) is 7.31. The Kier molecular flexibility index (Phi) is 5.44. The second-order valence-corrected chi connectivity index (χ2v) is 5.22. The molecule has 2 aromatic rings. The average Bonchev–Trinajstić information content (AvgIpc) is 2.47. The van der Waals surface area contributed by atoms with Crippen molar-refractivity contribution >= 4 is 15.9 Å². The summed E-state index contributed by atoms with van der Waals surface area (Å²) in [5, 5.41) is 0. The summed E-state index contributed by atoms with van der Waals surface area (Å²) in [7, 11) is 0. The SMILES string of the molecule is CCOc1ccc(OC(CN)c2cccc(Br)c2)cc1. The monoisotopic (exact) mass is 335 g/mol. The van der Waals surface area contributed by atoms with E-state index in [9.17, 15) is 0 Å². The first kappa shape index (κ1) is 14.9. The van der Waals surface area contributed by atoms with Crippen LogP contribution in [0.2, 0.25) is 0 Å². The summed E-state index contributed by atoms with van der Waals surface area (Å²) in [4.78, 5) is 0. The molecule has 0 spiro atoms. The Labute approximate surface area is 127 Å². The molecule has 0 aliphatic rings. The van der Waals surface area contributed by atoms with Crippen molar-refractivity contribution < 1.29 is 9.47 Å². The van der Waals surface area contributed by atoms with E-state index in [1.807, 2.05) is 55.5 Å². The molecule has 1 unspecified atom stereocenters. The zero-order valence-electron chi connectivity index (χ0n) is 11.4. The minimum atomic E-state index is -0.162.